The number of carbonyl (C=O) groups excluding carboxylic acids is 1. The van der Waals surface area contributed by atoms with Crippen LogP contribution in [0.2, 0.25) is 0 Å². The summed E-state index contributed by atoms with van der Waals surface area (Å²) in [4.78, 5) is 11.7. The molecule has 0 saturated heterocycles. The molecule has 11 nitrogen and oxygen atoms in total. The SMILES string of the molecule is CCOC(=O)c1ccc(S(=O)(=O)NCCOc2ccc3nnc(-c4ccc(OC)cc4)n3n2)cc1. The zero-order valence-corrected chi connectivity index (χ0v) is 19.9. The third kappa shape index (κ3) is 5.55. The van der Waals surface area contributed by atoms with Gasteiger partial charge < -0.3 is 14.2 Å². The molecule has 12 heteroatoms. The molecular weight excluding hydrogens is 474 g/mol. The average Bonchev–Trinajstić information content (AvgIpc) is 3.30. The third-order valence-electron chi connectivity index (χ3n) is 4.91. The number of esters is 1. The van der Waals surface area contributed by atoms with Crippen LogP contribution >= 0.6 is 0 Å². The minimum absolute atomic E-state index is 0.00912. The Balaban J connectivity index is 1.37. The van der Waals surface area contributed by atoms with Crippen molar-refractivity contribution >= 4 is 21.6 Å². The van der Waals surface area contributed by atoms with Gasteiger partial charge in [0.15, 0.2) is 11.5 Å². The summed E-state index contributed by atoms with van der Waals surface area (Å²) in [5, 5.41) is 12.7. The Labute approximate surface area is 201 Å². The lowest BCUT2D eigenvalue weighted by Gasteiger charge is -2.09. The molecule has 1 N–H and O–H groups in total. The van der Waals surface area contributed by atoms with Crippen molar-refractivity contribution in [1.29, 1.82) is 0 Å². The van der Waals surface area contributed by atoms with E-state index in [4.69, 9.17) is 14.2 Å². The average molecular weight is 498 g/mol. The molecule has 0 fully saturated rings. The van der Waals surface area contributed by atoms with E-state index in [-0.39, 0.29) is 36.1 Å². The van der Waals surface area contributed by atoms with Crippen molar-refractivity contribution in [1.82, 2.24) is 24.5 Å². The number of hydrogen-bond donors (Lipinski definition) is 1. The maximum absolute atomic E-state index is 12.5. The van der Waals surface area contributed by atoms with Crippen LogP contribution in [0.15, 0.2) is 65.6 Å². The second kappa shape index (κ2) is 10.5. The van der Waals surface area contributed by atoms with Gasteiger partial charge in [-0.15, -0.1) is 15.3 Å². The molecular formula is C23H23N5O6S. The van der Waals surface area contributed by atoms with Gasteiger partial charge in [-0.3, -0.25) is 0 Å². The molecule has 0 spiro atoms. The van der Waals surface area contributed by atoms with Crippen LogP contribution in [0.1, 0.15) is 17.3 Å². The first kappa shape index (κ1) is 24.1. The van der Waals surface area contributed by atoms with Crippen LogP contribution in [0.4, 0.5) is 0 Å². The van der Waals surface area contributed by atoms with E-state index in [2.05, 4.69) is 20.0 Å². The van der Waals surface area contributed by atoms with Crippen LogP contribution in [0.5, 0.6) is 11.6 Å². The van der Waals surface area contributed by atoms with E-state index in [1.807, 2.05) is 24.3 Å². The number of hydrogen-bond acceptors (Lipinski definition) is 9. The lowest BCUT2D eigenvalue weighted by atomic mass is 10.2. The Bertz CT molecular complexity index is 1420. The van der Waals surface area contributed by atoms with E-state index in [1.54, 1.807) is 30.7 Å². The van der Waals surface area contributed by atoms with Gasteiger partial charge in [-0.2, -0.15) is 4.52 Å². The topological polar surface area (TPSA) is 134 Å². The first-order valence-electron chi connectivity index (χ1n) is 10.7. The normalized spacial score (nSPS) is 11.4. The van der Waals surface area contributed by atoms with Crippen LogP contribution in [0, 0.1) is 0 Å². The maximum Gasteiger partial charge on any atom is 0.338 e. The van der Waals surface area contributed by atoms with Crippen molar-refractivity contribution in [3.8, 4) is 23.0 Å². The molecule has 4 aromatic rings. The first-order chi connectivity index (χ1) is 16.9. The number of methoxy groups -OCH3 is 1. The third-order valence-corrected chi connectivity index (χ3v) is 6.38. The Morgan fingerprint density at radius 1 is 1.00 bits per heavy atom. The molecule has 2 aromatic heterocycles. The van der Waals surface area contributed by atoms with Crippen molar-refractivity contribution in [2.45, 2.75) is 11.8 Å². The van der Waals surface area contributed by atoms with E-state index in [1.165, 1.54) is 24.3 Å². The monoisotopic (exact) mass is 497 g/mol. The Morgan fingerprint density at radius 2 is 1.74 bits per heavy atom. The van der Waals surface area contributed by atoms with Crippen LogP contribution in [-0.4, -0.2) is 61.1 Å². The Morgan fingerprint density at radius 3 is 2.43 bits per heavy atom. The molecule has 0 saturated carbocycles. The summed E-state index contributed by atoms with van der Waals surface area (Å²) in [6.07, 6.45) is 0. The van der Waals surface area contributed by atoms with E-state index < -0.39 is 16.0 Å². The lowest BCUT2D eigenvalue weighted by Crippen LogP contribution is -2.28. The summed E-state index contributed by atoms with van der Waals surface area (Å²) >= 11 is 0. The molecule has 2 heterocycles. The van der Waals surface area contributed by atoms with Gasteiger partial charge in [0.25, 0.3) is 0 Å². The Hall–Kier alpha value is -4.03. The minimum atomic E-state index is -3.78. The quantitative estimate of drug-likeness (QED) is 0.259. The van der Waals surface area contributed by atoms with Gasteiger partial charge in [-0.05, 0) is 61.5 Å². The van der Waals surface area contributed by atoms with Gasteiger partial charge in [0, 0.05) is 18.2 Å². The van der Waals surface area contributed by atoms with E-state index in [0.717, 1.165) is 11.3 Å². The van der Waals surface area contributed by atoms with Crippen molar-refractivity contribution in [3.05, 3.63) is 66.2 Å². The number of ether oxygens (including phenoxy) is 3. The lowest BCUT2D eigenvalue weighted by molar-refractivity contribution is 0.0526. The van der Waals surface area contributed by atoms with Crippen LogP contribution in [0.25, 0.3) is 17.0 Å². The Kier molecular flexibility index (Phi) is 7.22. The molecule has 0 unspecified atom stereocenters. The second-order valence-electron chi connectivity index (χ2n) is 7.18. The predicted octanol–water partition coefficient (Wildman–Crippen LogP) is 2.33. The number of benzene rings is 2. The van der Waals surface area contributed by atoms with Gasteiger partial charge in [-0.1, -0.05) is 0 Å². The molecule has 2 aromatic carbocycles. The fourth-order valence-electron chi connectivity index (χ4n) is 3.17. The van der Waals surface area contributed by atoms with Crippen LogP contribution in [-0.2, 0) is 14.8 Å². The summed E-state index contributed by atoms with van der Waals surface area (Å²) in [6.45, 7) is 1.98. The van der Waals surface area contributed by atoms with Crippen molar-refractivity contribution in [2.24, 2.45) is 0 Å². The molecule has 182 valence electrons. The molecule has 0 aliphatic heterocycles. The van der Waals surface area contributed by atoms with Gasteiger partial charge in [0.1, 0.15) is 12.4 Å². The second-order valence-corrected chi connectivity index (χ2v) is 8.95. The summed E-state index contributed by atoms with van der Waals surface area (Å²) in [7, 11) is -2.19. The predicted molar refractivity (Wildman–Crippen MR) is 126 cm³/mol. The minimum Gasteiger partial charge on any atom is -0.497 e. The molecule has 0 aliphatic carbocycles. The zero-order chi connectivity index (χ0) is 24.8. The standard InChI is InChI=1S/C23H23N5O6S/c1-3-33-23(29)17-6-10-19(11-7-17)35(30,31)24-14-15-34-21-13-12-20-25-26-22(28(20)27-21)16-4-8-18(32-2)9-5-16/h4-13,24H,3,14-15H2,1-2H3. The van der Waals surface area contributed by atoms with Crippen LogP contribution < -0.4 is 14.2 Å². The van der Waals surface area contributed by atoms with E-state index in [9.17, 15) is 13.2 Å². The fraction of sp³-hybridized carbons (Fsp3) is 0.217. The molecule has 0 radical (unpaired) electrons. The zero-order valence-electron chi connectivity index (χ0n) is 19.0. The summed E-state index contributed by atoms with van der Waals surface area (Å²) in [5.41, 5.74) is 1.61. The number of rotatable bonds is 10. The van der Waals surface area contributed by atoms with Gasteiger partial charge in [0.05, 0.1) is 24.2 Å². The van der Waals surface area contributed by atoms with Crippen molar-refractivity contribution in [3.63, 3.8) is 0 Å². The first-order valence-corrected chi connectivity index (χ1v) is 12.2. The van der Waals surface area contributed by atoms with E-state index in [0.29, 0.717) is 11.5 Å². The number of aromatic nitrogens is 4. The molecule has 35 heavy (non-hydrogen) atoms. The number of nitrogens with zero attached hydrogens (tertiary/aromatic N) is 4. The highest BCUT2D eigenvalue weighted by Gasteiger charge is 2.15. The van der Waals surface area contributed by atoms with E-state index >= 15 is 0 Å². The summed E-state index contributed by atoms with van der Waals surface area (Å²) in [5.74, 6) is 1.02. The number of nitrogens with one attached hydrogen (secondary N) is 1. The maximum atomic E-state index is 12.5. The molecule has 0 aliphatic rings. The fourth-order valence-corrected chi connectivity index (χ4v) is 4.18. The highest BCUT2D eigenvalue weighted by atomic mass is 32.2. The number of fused-ring (bicyclic) bond motifs is 1. The van der Waals surface area contributed by atoms with Crippen LogP contribution in [0.3, 0.4) is 0 Å². The molecule has 4 rings (SSSR count). The smallest absolute Gasteiger partial charge is 0.338 e. The number of sulfonamides is 1. The summed E-state index contributed by atoms with van der Waals surface area (Å²) in [6, 6.07) is 16.2. The van der Waals surface area contributed by atoms with Gasteiger partial charge >= 0.3 is 5.97 Å². The molecule has 0 bridgehead atoms. The van der Waals surface area contributed by atoms with Gasteiger partial charge in [-0.25, -0.2) is 17.9 Å². The van der Waals surface area contributed by atoms with Gasteiger partial charge in [0.2, 0.25) is 15.9 Å². The molecule has 0 amide bonds. The largest absolute Gasteiger partial charge is 0.497 e. The highest BCUT2D eigenvalue weighted by Crippen LogP contribution is 2.22. The van der Waals surface area contributed by atoms with Crippen molar-refractivity contribution in [2.75, 3.05) is 26.9 Å². The number of carbonyl (C=O) groups is 1. The van der Waals surface area contributed by atoms with Crippen molar-refractivity contribution < 1.29 is 27.4 Å². The summed E-state index contributed by atoms with van der Waals surface area (Å²) < 4.78 is 44.7. The molecule has 0 atom stereocenters. The highest BCUT2D eigenvalue weighted by molar-refractivity contribution is 7.89.